The largest absolute Gasteiger partial charge is 0.477 e. The van der Waals surface area contributed by atoms with E-state index < -0.39 is 17.2 Å². The maximum absolute atomic E-state index is 11.2. The molecule has 0 aliphatic carbocycles. The molecule has 0 amide bonds. The first-order valence-corrected chi connectivity index (χ1v) is 4.83. The number of hydrogen-bond donors (Lipinski definition) is 2. The van der Waals surface area contributed by atoms with Gasteiger partial charge in [0.15, 0.2) is 5.56 Å². The Morgan fingerprint density at radius 2 is 2.21 bits per heavy atom. The summed E-state index contributed by atoms with van der Waals surface area (Å²) in [6.07, 6.45) is 0. The Hall–Kier alpha value is -1.50. The third-order valence-electron chi connectivity index (χ3n) is 1.92. The van der Waals surface area contributed by atoms with Crippen molar-refractivity contribution >= 4 is 17.7 Å². The molecule has 2 rings (SSSR count). The second kappa shape index (κ2) is 3.02. The first-order chi connectivity index (χ1) is 6.61. The van der Waals surface area contributed by atoms with Crippen molar-refractivity contribution in [1.29, 1.82) is 0 Å². The normalized spacial score (nSPS) is 14.0. The second-order valence-corrected chi connectivity index (χ2v) is 3.83. The van der Waals surface area contributed by atoms with Gasteiger partial charge in [-0.1, -0.05) is 0 Å². The number of rotatable bonds is 1. The van der Waals surface area contributed by atoms with Crippen molar-refractivity contribution in [3.05, 3.63) is 26.4 Å². The first kappa shape index (κ1) is 9.07. The van der Waals surface area contributed by atoms with E-state index in [9.17, 15) is 14.4 Å². The van der Waals surface area contributed by atoms with Gasteiger partial charge in [-0.3, -0.25) is 14.3 Å². The zero-order valence-electron chi connectivity index (χ0n) is 6.94. The highest BCUT2D eigenvalue weighted by Crippen LogP contribution is 2.24. The number of aromatic nitrogens is 2. The van der Waals surface area contributed by atoms with Crippen LogP contribution < -0.4 is 11.2 Å². The Morgan fingerprint density at radius 3 is 2.86 bits per heavy atom. The summed E-state index contributed by atoms with van der Waals surface area (Å²) in [5.74, 6) is -0.684. The Labute approximate surface area is 81.6 Å². The highest BCUT2D eigenvalue weighted by atomic mass is 32.2. The van der Waals surface area contributed by atoms with Crippen LogP contribution in [0.5, 0.6) is 0 Å². The second-order valence-electron chi connectivity index (χ2n) is 2.74. The Balaban J connectivity index is 2.85. The van der Waals surface area contributed by atoms with Gasteiger partial charge in [-0.05, 0) is 0 Å². The summed E-state index contributed by atoms with van der Waals surface area (Å²) in [7, 11) is 0. The van der Waals surface area contributed by atoms with E-state index in [0.29, 0.717) is 12.3 Å². The fourth-order valence-electron chi connectivity index (χ4n) is 1.33. The minimum absolute atomic E-state index is 0.256. The number of hydrogen-bond acceptors (Lipinski definition) is 4. The summed E-state index contributed by atoms with van der Waals surface area (Å²) in [6, 6.07) is 0. The number of aromatic amines is 1. The van der Waals surface area contributed by atoms with Crippen molar-refractivity contribution < 1.29 is 9.90 Å². The minimum Gasteiger partial charge on any atom is -0.477 e. The summed E-state index contributed by atoms with van der Waals surface area (Å²) in [5, 5.41) is 9.03. The molecule has 14 heavy (non-hydrogen) atoms. The molecule has 1 aromatic rings. The van der Waals surface area contributed by atoms with Crippen molar-refractivity contribution in [1.82, 2.24) is 9.55 Å². The lowest BCUT2D eigenvalue weighted by molar-refractivity contribution is 0.0689. The standard InChI is InChI=1S/C7H6N2O4S/c10-4-3(6(11)12)5-9(1-2-14-5)7(13)8-4/h1-2H2,(H,11,12)(H,8,10,13). The smallest absolute Gasteiger partial charge is 0.344 e. The Bertz CT molecular complexity index is 515. The van der Waals surface area contributed by atoms with E-state index in [1.54, 1.807) is 0 Å². The van der Waals surface area contributed by atoms with Gasteiger partial charge in [-0.25, -0.2) is 9.59 Å². The third kappa shape index (κ3) is 1.17. The predicted molar refractivity (Wildman–Crippen MR) is 49.0 cm³/mol. The van der Waals surface area contributed by atoms with Crippen LogP contribution in [0.4, 0.5) is 0 Å². The van der Waals surface area contributed by atoms with Crippen LogP contribution in [-0.4, -0.2) is 26.4 Å². The summed E-state index contributed by atoms with van der Waals surface area (Å²) >= 11 is 1.21. The Morgan fingerprint density at radius 1 is 1.50 bits per heavy atom. The molecule has 1 aliphatic rings. The molecule has 1 aliphatic heterocycles. The molecule has 6 nitrogen and oxygen atoms in total. The zero-order chi connectivity index (χ0) is 10.3. The van der Waals surface area contributed by atoms with Crippen molar-refractivity contribution in [2.24, 2.45) is 0 Å². The number of fused-ring (bicyclic) bond motifs is 1. The van der Waals surface area contributed by atoms with Crippen LogP contribution in [-0.2, 0) is 6.54 Å². The SMILES string of the molecule is O=C(O)c1c2n(c(=O)[nH]c1=O)CCS2. The van der Waals surface area contributed by atoms with Gasteiger partial charge in [-0.15, -0.1) is 11.8 Å². The van der Waals surface area contributed by atoms with E-state index in [0.717, 1.165) is 0 Å². The molecule has 2 heterocycles. The van der Waals surface area contributed by atoms with E-state index in [4.69, 9.17) is 5.11 Å². The molecule has 0 fully saturated rings. The van der Waals surface area contributed by atoms with Crippen molar-refractivity contribution in [2.45, 2.75) is 11.6 Å². The molecule has 1 aromatic heterocycles. The van der Waals surface area contributed by atoms with Gasteiger partial charge in [0.1, 0.15) is 0 Å². The molecule has 2 N–H and O–H groups in total. The van der Waals surface area contributed by atoms with Crippen LogP contribution in [0.2, 0.25) is 0 Å². The molecule has 0 aromatic carbocycles. The Kier molecular flexibility index (Phi) is 1.95. The van der Waals surface area contributed by atoms with Crippen LogP contribution in [0.1, 0.15) is 10.4 Å². The summed E-state index contributed by atoms with van der Waals surface area (Å²) in [6.45, 7) is 0.440. The highest BCUT2D eigenvalue weighted by Gasteiger charge is 2.24. The van der Waals surface area contributed by atoms with Crippen LogP contribution in [0.25, 0.3) is 0 Å². The van der Waals surface area contributed by atoms with E-state index in [-0.39, 0.29) is 10.6 Å². The highest BCUT2D eigenvalue weighted by molar-refractivity contribution is 7.99. The summed E-state index contributed by atoms with van der Waals surface area (Å²) in [4.78, 5) is 35.1. The molecule has 0 radical (unpaired) electrons. The number of H-pyrrole nitrogens is 1. The van der Waals surface area contributed by atoms with Crippen molar-refractivity contribution in [2.75, 3.05) is 5.75 Å². The van der Waals surface area contributed by atoms with Crippen LogP contribution in [0.3, 0.4) is 0 Å². The zero-order valence-corrected chi connectivity index (χ0v) is 7.76. The van der Waals surface area contributed by atoms with Gasteiger partial charge in [0.2, 0.25) is 0 Å². The van der Waals surface area contributed by atoms with Crippen molar-refractivity contribution in [3.63, 3.8) is 0 Å². The number of nitrogens with one attached hydrogen (secondary N) is 1. The molecular weight excluding hydrogens is 208 g/mol. The number of thioether (sulfide) groups is 1. The lowest BCUT2D eigenvalue weighted by Crippen LogP contribution is -2.33. The predicted octanol–water partition coefficient (Wildman–Crippen LogP) is -0.659. The van der Waals surface area contributed by atoms with Crippen LogP contribution in [0.15, 0.2) is 14.6 Å². The number of carboxylic acid groups (broad SMARTS) is 1. The summed E-state index contributed by atoms with van der Waals surface area (Å²) in [5.41, 5.74) is -1.71. The third-order valence-corrected chi connectivity index (χ3v) is 3.00. The maximum atomic E-state index is 11.2. The van der Waals surface area contributed by atoms with Gasteiger partial charge in [0.25, 0.3) is 5.56 Å². The lowest BCUT2D eigenvalue weighted by Gasteiger charge is -2.02. The van der Waals surface area contributed by atoms with Crippen LogP contribution in [0, 0.1) is 0 Å². The molecule has 7 heteroatoms. The van der Waals surface area contributed by atoms with Crippen LogP contribution >= 0.6 is 11.8 Å². The van der Waals surface area contributed by atoms with Crippen molar-refractivity contribution in [3.8, 4) is 0 Å². The number of nitrogens with zero attached hydrogens (tertiary/aromatic N) is 1. The average Bonchev–Trinajstić information content (AvgIpc) is 2.51. The fraction of sp³-hybridized carbons (Fsp3) is 0.286. The van der Waals surface area contributed by atoms with Gasteiger partial charge in [0.05, 0.1) is 5.03 Å². The topological polar surface area (TPSA) is 92.2 Å². The van der Waals surface area contributed by atoms with Gasteiger partial charge >= 0.3 is 11.7 Å². The van der Waals surface area contributed by atoms with Gasteiger partial charge in [-0.2, -0.15) is 0 Å². The molecule has 0 unspecified atom stereocenters. The molecule has 0 saturated carbocycles. The first-order valence-electron chi connectivity index (χ1n) is 3.84. The van der Waals surface area contributed by atoms with E-state index in [1.807, 2.05) is 4.98 Å². The number of carbonyl (C=O) groups is 1. The minimum atomic E-state index is -1.30. The van der Waals surface area contributed by atoms with Gasteiger partial charge in [0, 0.05) is 12.3 Å². The number of carboxylic acids is 1. The molecule has 0 bridgehead atoms. The monoisotopic (exact) mass is 214 g/mol. The maximum Gasteiger partial charge on any atom is 0.344 e. The fourth-order valence-corrected chi connectivity index (χ4v) is 2.45. The van der Waals surface area contributed by atoms with Gasteiger partial charge < -0.3 is 5.11 Å². The lowest BCUT2D eigenvalue weighted by atomic mass is 10.3. The quantitative estimate of drug-likeness (QED) is 0.605. The van der Waals surface area contributed by atoms with E-state index in [2.05, 4.69) is 0 Å². The average molecular weight is 214 g/mol. The van der Waals surface area contributed by atoms with E-state index in [1.165, 1.54) is 16.3 Å². The molecular formula is C7H6N2O4S. The molecule has 0 saturated heterocycles. The molecule has 0 atom stereocenters. The molecule has 74 valence electrons. The summed E-state index contributed by atoms with van der Waals surface area (Å²) < 4.78 is 1.27. The molecule has 0 spiro atoms. The number of aromatic carboxylic acids is 1. The van der Waals surface area contributed by atoms with E-state index >= 15 is 0 Å².